The van der Waals surface area contributed by atoms with E-state index in [-0.39, 0.29) is 5.75 Å². The molecule has 0 fully saturated rings. The van der Waals surface area contributed by atoms with Gasteiger partial charge >= 0.3 is 0 Å². The SMILES string of the molecule is COc1c(F)cc(P(c2ccccc2)c2ccccc2)cc1F. The van der Waals surface area contributed by atoms with Gasteiger partial charge in [-0.05, 0) is 36.0 Å². The summed E-state index contributed by atoms with van der Waals surface area (Å²) in [6, 6.07) is 22.3. The highest BCUT2D eigenvalue weighted by atomic mass is 31.1. The summed E-state index contributed by atoms with van der Waals surface area (Å²) in [4.78, 5) is 0. The van der Waals surface area contributed by atoms with Crippen LogP contribution in [0.15, 0.2) is 72.8 Å². The van der Waals surface area contributed by atoms with Gasteiger partial charge < -0.3 is 4.74 Å². The summed E-state index contributed by atoms with van der Waals surface area (Å²) in [5, 5.41) is 2.70. The molecule has 3 aromatic rings. The first-order chi connectivity index (χ1) is 11.2. The summed E-state index contributed by atoms with van der Waals surface area (Å²) in [7, 11) is 0.231. The molecule has 116 valence electrons. The number of benzene rings is 3. The summed E-state index contributed by atoms with van der Waals surface area (Å²) in [5.74, 6) is -1.70. The second-order valence-corrected chi connectivity index (χ2v) is 7.17. The van der Waals surface area contributed by atoms with Crippen molar-refractivity contribution in [3.05, 3.63) is 84.4 Å². The lowest BCUT2D eigenvalue weighted by Gasteiger charge is -2.20. The van der Waals surface area contributed by atoms with Crippen LogP contribution in [-0.2, 0) is 0 Å². The minimum atomic E-state index is -1.03. The van der Waals surface area contributed by atoms with E-state index in [0.717, 1.165) is 10.6 Å². The average molecular weight is 328 g/mol. The zero-order valence-corrected chi connectivity index (χ0v) is 13.4. The molecule has 0 radical (unpaired) electrons. The molecular formula is C19H15F2OP. The molecule has 0 bridgehead atoms. The first-order valence-corrected chi connectivity index (χ1v) is 8.48. The number of ether oxygens (including phenoxy) is 1. The highest BCUT2D eigenvalue weighted by Crippen LogP contribution is 2.34. The van der Waals surface area contributed by atoms with Crippen LogP contribution in [0.1, 0.15) is 0 Å². The van der Waals surface area contributed by atoms with Crippen LogP contribution in [0.5, 0.6) is 5.75 Å². The summed E-state index contributed by atoms with van der Waals surface area (Å²) in [6.07, 6.45) is 0. The van der Waals surface area contributed by atoms with Gasteiger partial charge in [-0.15, -0.1) is 0 Å². The van der Waals surface area contributed by atoms with E-state index in [1.165, 1.54) is 19.2 Å². The molecule has 0 aliphatic carbocycles. The zero-order chi connectivity index (χ0) is 16.2. The zero-order valence-electron chi connectivity index (χ0n) is 12.5. The molecule has 0 aliphatic heterocycles. The van der Waals surface area contributed by atoms with Crippen molar-refractivity contribution >= 4 is 23.8 Å². The normalized spacial score (nSPS) is 10.8. The number of hydrogen-bond donors (Lipinski definition) is 0. The van der Waals surface area contributed by atoms with Gasteiger partial charge in [-0.1, -0.05) is 60.7 Å². The third-order valence-electron chi connectivity index (χ3n) is 3.47. The van der Waals surface area contributed by atoms with Crippen molar-refractivity contribution in [2.45, 2.75) is 0 Å². The van der Waals surface area contributed by atoms with E-state index in [4.69, 9.17) is 4.74 Å². The van der Waals surface area contributed by atoms with Gasteiger partial charge in [0.2, 0.25) is 0 Å². The van der Waals surface area contributed by atoms with Crippen LogP contribution in [0.4, 0.5) is 8.78 Å². The summed E-state index contributed by atoms with van der Waals surface area (Å²) >= 11 is 0. The predicted octanol–water partition coefficient (Wildman–Crippen LogP) is 3.73. The molecule has 0 saturated heterocycles. The molecule has 0 aliphatic rings. The maximum absolute atomic E-state index is 14.1. The molecule has 0 saturated carbocycles. The summed E-state index contributed by atoms with van der Waals surface area (Å²) < 4.78 is 33.1. The molecule has 1 nitrogen and oxygen atoms in total. The maximum atomic E-state index is 14.1. The second kappa shape index (κ2) is 6.89. The molecule has 4 heteroatoms. The highest BCUT2D eigenvalue weighted by molar-refractivity contribution is 7.79. The van der Waals surface area contributed by atoms with Gasteiger partial charge in [-0.3, -0.25) is 0 Å². The van der Waals surface area contributed by atoms with Gasteiger partial charge in [-0.2, -0.15) is 0 Å². The monoisotopic (exact) mass is 328 g/mol. The molecule has 3 aromatic carbocycles. The van der Waals surface area contributed by atoms with Gasteiger partial charge in [0.1, 0.15) is 0 Å². The van der Waals surface area contributed by atoms with Crippen LogP contribution < -0.4 is 20.7 Å². The third kappa shape index (κ3) is 3.25. The van der Waals surface area contributed by atoms with Gasteiger partial charge in [-0.25, -0.2) is 8.78 Å². The second-order valence-electron chi connectivity index (χ2n) is 4.95. The van der Waals surface area contributed by atoms with Crippen LogP contribution in [0.3, 0.4) is 0 Å². The predicted molar refractivity (Wildman–Crippen MR) is 91.6 cm³/mol. The van der Waals surface area contributed by atoms with Crippen LogP contribution in [-0.4, -0.2) is 7.11 Å². The first kappa shape index (κ1) is 15.6. The van der Waals surface area contributed by atoms with Crippen LogP contribution in [0, 0.1) is 11.6 Å². The first-order valence-electron chi connectivity index (χ1n) is 7.14. The fourth-order valence-electron chi connectivity index (χ4n) is 2.47. The lowest BCUT2D eigenvalue weighted by molar-refractivity contribution is 0.360. The van der Waals surface area contributed by atoms with Crippen LogP contribution >= 0.6 is 7.92 Å². The summed E-state index contributed by atoms with van der Waals surface area (Å²) in [6.45, 7) is 0. The van der Waals surface area contributed by atoms with Gasteiger partial charge in [0, 0.05) is 0 Å². The number of methoxy groups -OCH3 is 1. The standard InChI is InChI=1S/C19H15F2OP/c1-22-19-17(20)12-16(13-18(19)21)23(14-8-4-2-5-9-14)15-10-6-3-7-11-15/h2-13H,1H3. The number of hydrogen-bond acceptors (Lipinski definition) is 1. The van der Waals surface area contributed by atoms with E-state index in [9.17, 15) is 8.78 Å². The minimum absolute atomic E-state index is 0.343. The van der Waals surface area contributed by atoms with Gasteiger partial charge in [0.05, 0.1) is 7.11 Å². The molecule has 0 heterocycles. The molecule has 0 aromatic heterocycles. The average Bonchev–Trinajstić information content (AvgIpc) is 2.57. The van der Waals surface area contributed by atoms with Crippen molar-refractivity contribution in [2.75, 3.05) is 7.11 Å². The van der Waals surface area contributed by atoms with Crippen molar-refractivity contribution in [3.8, 4) is 5.75 Å². The van der Waals surface area contributed by atoms with Gasteiger partial charge in [0.25, 0.3) is 0 Å². The molecule has 0 amide bonds. The fourth-order valence-corrected chi connectivity index (χ4v) is 4.79. The summed E-state index contributed by atoms with van der Waals surface area (Å²) in [5.41, 5.74) is 0. The highest BCUT2D eigenvalue weighted by Gasteiger charge is 2.20. The minimum Gasteiger partial charge on any atom is -0.491 e. The van der Waals surface area contributed by atoms with E-state index < -0.39 is 19.6 Å². The van der Waals surface area contributed by atoms with E-state index >= 15 is 0 Å². The molecule has 0 atom stereocenters. The fraction of sp³-hybridized carbons (Fsp3) is 0.0526. The Labute approximate surface area is 135 Å². The molecular weight excluding hydrogens is 313 g/mol. The van der Waals surface area contributed by atoms with Crippen LogP contribution in [0.2, 0.25) is 0 Å². The maximum Gasteiger partial charge on any atom is 0.190 e. The smallest absolute Gasteiger partial charge is 0.190 e. The Kier molecular flexibility index (Phi) is 4.68. The van der Waals surface area contributed by atoms with Crippen LogP contribution in [0.25, 0.3) is 0 Å². The Hall–Kier alpha value is -2.25. The molecule has 0 N–H and O–H groups in total. The quantitative estimate of drug-likeness (QED) is 0.663. The largest absolute Gasteiger partial charge is 0.491 e. The molecule has 3 rings (SSSR count). The molecule has 23 heavy (non-hydrogen) atoms. The number of halogens is 2. The van der Waals surface area contributed by atoms with Crippen molar-refractivity contribution in [1.82, 2.24) is 0 Å². The van der Waals surface area contributed by atoms with Crippen molar-refractivity contribution in [1.29, 1.82) is 0 Å². The van der Waals surface area contributed by atoms with E-state index in [2.05, 4.69) is 0 Å². The Morgan fingerprint density at radius 1 is 0.696 bits per heavy atom. The van der Waals surface area contributed by atoms with Crippen molar-refractivity contribution in [2.24, 2.45) is 0 Å². The van der Waals surface area contributed by atoms with E-state index in [1.54, 1.807) is 0 Å². The lowest BCUT2D eigenvalue weighted by Crippen LogP contribution is -2.21. The Morgan fingerprint density at radius 2 is 1.13 bits per heavy atom. The van der Waals surface area contributed by atoms with E-state index in [1.807, 2.05) is 60.7 Å². The van der Waals surface area contributed by atoms with Crippen molar-refractivity contribution in [3.63, 3.8) is 0 Å². The number of rotatable bonds is 4. The Morgan fingerprint density at radius 3 is 1.52 bits per heavy atom. The Bertz CT molecular complexity index is 728. The topological polar surface area (TPSA) is 9.23 Å². The molecule has 0 unspecified atom stereocenters. The third-order valence-corrected chi connectivity index (χ3v) is 5.88. The Balaban J connectivity index is 2.17. The molecule has 0 spiro atoms. The lowest BCUT2D eigenvalue weighted by atomic mass is 10.3. The van der Waals surface area contributed by atoms with E-state index in [0.29, 0.717) is 5.30 Å². The van der Waals surface area contributed by atoms with Crippen molar-refractivity contribution < 1.29 is 13.5 Å². The van der Waals surface area contributed by atoms with Gasteiger partial charge in [0.15, 0.2) is 17.4 Å².